The first-order valence-corrected chi connectivity index (χ1v) is 18.2. The van der Waals surface area contributed by atoms with Gasteiger partial charge < -0.3 is 20.1 Å². The highest BCUT2D eigenvalue weighted by Crippen LogP contribution is 2.40. The Morgan fingerprint density at radius 3 is 2.64 bits per heavy atom. The molecule has 1 amide bonds. The maximum Gasteiger partial charge on any atom is 0.262 e. The molecule has 3 aromatic heterocycles. The third-order valence-electron chi connectivity index (χ3n) is 8.15. The van der Waals surface area contributed by atoms with Gasteiger partial charge in [-0.1, -0.05) is 23.7 Å². The number of carbonyl (C=O) groups is 1. The fraction of sp³-hybridized carbons (Fsp3) is 0.344. The number of hydrogen-bond acceptors (Lipinski definition) is 9. The van der Waals surface area contributed by atoms with E-state index in [2.05, 4.69) is 15.0 Å². The summed E-state index contributed by atoms with van der Waals surface area (Å²) >= 11 is 7.88. The number of sulfone groups is 1. The summed E-state index contributed by atoms with van der Waals surface area (Å²) in [7, 11) is -1.19. The summed E-state index contributed by atoms with van der Waals surface area (Å²) in [5, 5.41) is 5.00. The minimum atomic E-state index is -3.05. The van der Waals surface area contributed by atoms with Crippen molar-refractivity contribution in [3.63, 3.8) is 0 Å². The van der Waals surface area contributed by atoms with E-state index in [1.54, 1.807) is 30.2 Å². The fourth-order valence-corrected chi connectivity index (χ4v) is 7.48. The zero-order valence-corrected chi connectivity index (χ0v) is 28.4. The molecule has 2 N–H and O–H groups in total. The van der Waals surface area contributed by atoms with Crippen molar-refractivity contribution in [3.8, 4) is 27.6 Å². The Morgan fingerprint density at radius 2 is 1.96 bits per heavy atom. The predicted molar refractivity (Wildman–Crippen MR) is 180 cm³/mol. The van der Waals surface area contributed by atoms with E-state index in [0.29, 0.717) is 43.0 Å². The van der Waals surface area contributed by atoms with Crippen LogP contribution in [-0.4, -0.2) is 76.3 Å². The minimum absolute atomic E-state index is 0.0640. The number of thiophene rings is 1. The maximum atomic E-state index is 15.0. The molecule has 15 heteroatoms. The second-order valence-electron chi connectivity index (χ2n) is 11.7. The Bertz CT molecular complexity index is 2050. The van der Waals surface area contributed by atoms with Crippen LogP contribution in [0, 0.1) is 5.82 Å². The smallest absolute Gasteiger partial charge is 0.262 e. The van der Waals surface area contributed by atoms with E-state index >= 15 is 0 Å². The van der Waals surface area contributed by atoms with Gasteiger partial charge in [-0.15, -0.1) is 11.3 Å². The molecule has 1 aliphatic rings. The van der Waals surface area contributed by atoms with E-state index in [1.807, 2.05) is 36.0 Å². The van der Waals surface area contributed by atoms with Crippen LogP contribution in [0.1, 0.15) is 41.1 Å². The minimum Gasteiger partial charge on any atom is -0.486 e. The number of primary amides is 1. The molecule has 1 saturated heterocycles. The summed E-state index contributed by atoms with van der Waals surface area (Å²) in [6.45, 7) is 3.46. The molecule has 6 rings (SSSR count). The number of ether oxygens (including phenoxy) is 2. The number of aryl methyl sites for hydroxylation is 1. The molecule has 248 valence electrons. The number of nitrogens with two attached hydrogens (primary N) is 1. The molecule has 2 aromatic carbocycles. The number of imidazole rings is 1. The number of piperidine rings is 1. The van der Waals surface area contributed by atoms with Gasteiger partial charge in [0.05, 0.1) is 28.0 Å². The third kappa shape index (κ3) is 7.30. The van der Waals surface area contributed by atoms with E-state index in [-0.39, 0.29) is 33.3 Å². The lowest BCUT2D eigenvalue weighted by Crippen LogP contribution is -2.40. The standard InChI is InChI=1S/C32H34ClFN6O5S2/c1-19(23-5-6-24(34)30(29(23)33)45-22-8-10-39(11-9-22)12-13-47(3,42)43)44-27-15-28(46-31(27)32(35)41)40-18-36-25-14-20(4-7-26(25)40)21-16-37-38(2)17-21/h4-7,14-19,22H,8-13H2,1-3H3,(H2,35,41). The van der Waals surface area contributed by atoms with Crippen LogP contribution in [0.4, 0.5) is 4.39 Å². The van der Waals surface area contributed by atoms with Crippen molar-refractivity contribution in [1.82, 2.24) is 24.2 Å². The van der Waals surface area contributed by atoms with Crippen molar-refractivity contribution < 1.29 is 27.1 Å². The molecule has 0 saturated carbocycles. The molecule has 0 radical (unpaired) electrons. The topological polar surface area (TPSA) is 135 Å². The number of likely N-dealkylation sites (tertiary alicyclic amines) is 1. The van der Waals surface area contributed by atoms with Crippen molar-refractivity contribution in [3.05, 3.63) is 76.4 Å². The largest absolute Gasteiger partial charge is 0.486 e. The van der Waals surface area contributed by atoms with Gasteiger partial charge in [0.1, 0.15) is 44.0 Å². The van der Waals surface area contributed by atoms with Gasteiger partial charge in [-0.3, -0.25) is 14.0 Å². The predicted octanol–water partition coefficient (Wildman–Crippen LogP) is 5.41. The normalized spacial score (nSPS) is 15.3. The first-order chi connectivity index (χ1) is 22.4. The molecular weight excluding hydrogens is 667 g/mol. The number of aromatic nitrogens is 4. The average Bonchev–Trinajstić information content (AvgIpc) is 3.76. The van der Waals surface area contributed by atoms with Crippen molar-refractivity contribution in [2.45, 2.75) is 32.0 Å². The van der Waals surface area contributed by atoms with E-state index in [4.69, 9.17) is 26.8 Å². The van der Waals surface area contributed by atoms with Gasteiger partial charge in [0.15, 0.2) is 11.6 Å². The number of halogens is 2. The van der Waals surface area contributed by atoms with Crippen molar-refractivity contribution >= 4 is 49.7 Å². The second-order valence-corrected chi connectivity index (χ2v) is 15.4. The molecular formula is C32H34ClFN6O5S2. The summed E-state index contributed by atoms with van der Waals surface area (Å²) in [5.74, 6) is -0.952. The third-order valence-corrected chi connectivity index (χ3v) is 10.6. The molecule has 1 aliphatic heterocycles. The van der Waals surface area contributed by atoms with E-state index < -0.39 is 27.7 Å². The molecule has 5 aromatic rings. The van der Waals surface area contributed by atoms with Gasteiger partial charge in [0, 0.05) is 56.3 Å². The van der Waals surface area contributed by atoms with Gasteiger partial charge in [-0.05, 0) is 43.5 Å². The van der Waals surface area contributed by atoms with Crippen LogP contribution in [0.25, 0.3) is 27.2 Å². The fourth-order valence-electron chi connectivity index (χ4n) is 5.61. The number of rotatable bonds is 11. The van der Waals surface area contributed by atoms with Crippen LogP contribution < -0.4 is 15.2 Å². The highest BCUT2D eigenvalue weighted by atomic mass is 35.5. The van der Waals surface area contributed by atoms with Crippen LogP contribution in [0.15, 0.2) is 55.1 Å². The zero-order valence-electron chi connectivity index (χ0n) is 26.0. The quantitative estimate of drug-likeness (QED) is 0.194. The lowest BCUT2D eigenvalue weighted by atomic mass is 10.1. The van der Waals surface area contributed by atoms with Crippen molar-refractivity contribution in [1.29, 1.82) is 0 Å². The highest BCUT2D eigenvalue weighted by Gasteiger charge is 2.27. The summed E-state index contributed by atoms with van der Waals surface area (Å²) in [6, 6.07) is 10.5. The van der Waals surface area contributed by atoms with Crippen LogP contribution in [0.2, 0.25) is 5.02 Å². The Kier molecular flexibility index (Phi) is 9.29. The van der Waals surface area contributed by atoms with Crippen LogP contribution in [0.5, 0.6) is 11.5 Å². The molecule has 0 spiro atoms. The molecule has 1 atom stereocenters. The molecule has 0 aliphatic carbocycles. The SMILES string of the molecule is CC(Oc1cc(-n2cnc3cc(-c4cnn(C)c4)ccc32)sc1C(N)=O)c1ccc(F)c(OC2CCN(CCS(C)(=O)=O)CC2)c1Cl. The average molecular weight is 701 g/mol. The molecule has 0 bridgehead atoms. The van der Waals surface area contributed by atoms with Gasteiger partial charge in [0.25, 0.3) is 5.91 Å². The zero-order chi connectivity index (χ0) is 33.5. The van der Waals surface area contributed by atoms with E-state index in [0.717, 1.165) is 22.2 Å². The van der Waals surface area contributed by atoms with Gasteiger partial charge in [0.2, 0.25) is 0 Å². The van der Waals surface area contributed by atoms with Gasteiger partial charge in [-0.2, -0.15) is 5.10 Å². The number of hydrogen-bond donors (Lipinski definition) is 1. The summed E-state index contributed by atoms with van der Waals surface area (Å²) < 4.78 is 53.9. The molecule has 1 unspecified atom stereocenters. The van der Waals surface area contributed by atoms with Crippen LogP contribution in [-0.2, 0) is 16.9 Å². The first kappa shape index (κ1) is 32.9. The molecule has 4 heterocycles. The van der Waals surface area contributed by atoms with E-state index in [1.165, 1.54) is 29.7 Å². The van der Waals surface area contributed by atoms with Crippen LogP contribution in [0.3, 0.4) is 0 Å². The second kappa shape index (κ2) is 13.3. The van der Waals surface area contributed by atoms with Crippen molar-refractivity contribution in [2.24, 2.45) is 12.8 Å². The Balaban J connectivity index is 1.19. The lowest BCUT2D eigenvalue weighted by Gasteiger charge is -2.32. The van der Waals surface area contributed by atoms with Crippen molar-refractivity contribution in [2.75, 3.05) is 31.6 Å². The molecule has 47 heavy (non-hydrogen) atoms. The van der Waals surface area contributed by atoms with Gasteiger partial charge in [-0.25, -0.2) is 17.8 Å². The number of nitrogens with zero attached hydrogens (tertiary/aromatic N) is 5. The lowest BCUT2D eigenvalue weighted by molar-refractivity contribution is 0.0992. The van der Waals surface area contributed by atoms with E-state index in [9.17, 15) is 17.6 Å². The highest BCUT2D eigenvalue weighted by molar-refractivity contribution is 7.90. The summed E-state index contributed by atoms with van der Waals surface area (Å²) in [5.41, 5.74) is 9.78. The molecule has 1 fully saturated rings. The Morgan fingerprint density at radius 1 is 1.19 bits per heavy atom. The monoisotopic (exact) mass is 700 g/mol. The first-order valence-electron chi connectivity index (χ1n) is 15.0. The summed E-state index contributed by atoms with van der Waals surface area (Å²) in [6.07, 6.45) is 6.85. The number of benzene rings is 2. The number of carbonyl (C=O) groups excluding carboxylic acids is 1. The van der Waals surface area contributed by atoms with Gasteiger partial charge >= 0.3 is 0 Å². The molecule has 11 nitrogen and oxygen atoms in total. The van der Waals surface area contributed by atoms with Crippen LogP contribution >= 0.6 is 22.9 Å². The Hall–Kier alpha value is -3.98. The maximum absolute atomic E-state index is 15.0. The number of amides is 1. The number of fused-ring (bicyclic) bond motifs is 1. The summed E-state index contributed by atoms with van der Waals surface area (Å²) in [4.78, 5) is 19.3. The Labute approximate surface area is 280 Å².